The quantitative estimate of drug-likeness (QED) is 0.570. The zero-order chi connectivity index (χ0) is 7.56. The maximum absolute atomic E-state index is 10.4. The van der Waals surface area contributed by atoms with E-state index in [2.05, 4.69) is 0 Å². The van der Waals surface area contributed by atoms with E-state index in [0.29, 0.717) is 12.8 Å². The molecule has 0 N–H and O–H groups in total. The van der Waals surface area contributed by atoms with Crippen LogP contribution in [0, 0.1) is 0 Å². The molecule has 3 heteroatoms. The highest BCUT2D eigenvalue weighted by Gasteiger charge is 2.27. The Morgan fingerprint density at radius 1 is 1.70 bits per heavy atom. The lowest BCUT2D eigenvalue weighted by atomic mass is 9.94. The Balaban J connectivity index is 2.05. The molecule has 0 aromatic rings. The van der Waals surface area contributed by atoms with Crippen molar-refractivity contribution < 1.29 is 14.3 Å². The second-order valence-corrected chi connectivity index (χ2v) is 2.58. The fourth-order valence-corrected chi connectivity index (χ4v) is 0.801. The summed E-state index contributed by atoms with van der Waals surface area (Å²) in [4.78, 5) is 20.7. The minimum atomic E-state index is 0.0133. The number of ketones is 2. The molecule has 1 aliphatic rings. The lowest BCUT2D eigenvalue weighted by Crippen LogP contribution is -2.32. The first kappa shape index (κ1) is 7.41. The summed E-state index contributed by atoms with van der Waals surface area (Å²) in [5.41, 5.74) is 0. The van der Waals surface area contributed by atoms with Gasteiger partial charge in [0.05, 0.1) is 6.10 Å². The first-order chi connectivity index (χ1) is 4.68. The van der Waals surface area contributed by atoms with Crippen LogP contribution < -0.4 is 0 Å². The predicted molar refractivity (Wildman–Crippen MR) is 34.7 cm³/mol. The summed E-state index contributed by atoms with van der Waals surface area (Å²) in [5.74, 6) is 0.243. The standard InChI is InChI=1S/C7H10O3/c1-5(8)4-10-7-2-6(9)3-7/h7H,2-4H2,1H3. The molecule has 0 aromatic heterocycles. The third-order valence-corrected chi connectivity index (χ3v) is 1.43. The highest BCUT2D eigenvalue weighted by Crippen LogP contribution is 2.17. The van der Waals surface area contributed by atoms with Crippen molar-refractivity contribution in [2.75, 3.05) is 6.61 Å². The summed E-state index contributed by atoms with van der Waals surface area (Å²) in [7, 11) is 0. The fourth-order valence-electron chi connectivity index (χ4n) is 0.801. The van der Waals surface area contributed by atoms with Crippen molar-refractivity contribution in [1.29, 1.82) is 0 Å². The van der Waals surface area contributed by atoms with Crippen LogP contribution in [0.2, 0.25) is 0 Å². The zero-order valence-electron chi connectivity index (χ0n) is 5.92. The van der Waals surface area contributed by atoms with E-state index >= 15 is 0 Å². The van der Waals surface area contributed by atoms with Gasteiger partial charge in [-0.1, -0.05) is 0 Å². The largest absolute Gasteiger partial charge is 0.370 e. The van der Waals surface area contributed by atoms with Gasteiger partial charge in [0.25, 0.3) is 0 Å². The van der Waals surface area contributed by atoms with Gasteiger partial charge in [0.2, 0.25) is 0 Å². The molecule has 1 rings (SSSR count). The van der Waals surface area contributed by atoms with Crippen LogP contribution in [0.15, 0.2) is 0 Å². The molecule has 1 saturated carbocycles. The Kier molecular flexibility index (Phi) is 2.17. The summed E-state index contributed by atoms with van der Waals surface area (Å²) in [5, 5.41) is 0. The number of Topliss-reactive ketones (excluding diaryl/α,β-unsaturated/α-hetero) is 2. The number of ether oxygens (including phenoxy) is 1. The van der Waals surface area contributed by atoms with E-state index in [1.54, 1.807) is 0 Å². The number of hydrogen-bond donors (Lipinski definition) is 0. The number of hydrogen-bond acceptors (Lipinski definition) is 3. The van der Waals surface area contributed by atoms with E-state index in [4.69, 9.17) is 4.74 Å². The van der Waals surface area contributed by atoms with Gasteiger partial charge < -0.3 is 4.74 Å². The normalized spacial score (nSPS) is 18.7. The highest BCUT2D eigenvalue weighted by molar-refractivity contribution is 5.85. The second-order valence-electron chi connectivity index (χ2n) is 2.58. The monoisotopic (exact) mass is 142 g/mol. The molecule has 0 amide bonds. The van der Waals surface area contributed by atoms with Crippen molar-refractivity contribution in [3.63, 3.8) is 0 Å². The molecule has 10 heavy (non-hydrogen) atoms. The molecule has 0 aliphatic heterocycles. The summed E-state index contributed by atoms with van der Waals surface area (Å²) >= 11 is 0. The number of carbonyl (C=O) groups is 2. The Bertz CT molecular complexity index is 154. The van der Waals surface area contributed by atoms with Gasteiger partial charge in [0.15, 0.2) is 5.78 Å². The van der Waals surface area contributed by atoms with E-state index < -0.39 is 0 Å². The summed E-state index contributed by atoms with van der Waals surface area (Å²) in [6, 6.07) is 0. The molecule has 1 fully saturated rings. The van der Waals surface area contributed by atoms with Crippen molar-refractivity contribution >= 4 is 11.6 Å². The smallest absolute Gasteiger partial charge is 0.155 e. The molecule has 0 radical (unpaired) electrons. The van der Waals surface area contributed by atoms with Crippen LogP contribution >= 0.6 is 0 Å². The van der Waals surface area contributed by atoms with Gasteiger partial charge in [-0.05, 0) is 6.92 Å². The first-order valence-electron chi connectivity index (χ1n) is 3.31. The summed E-state index contributed by atoms with van der Waals surface area (Å²) < 4.78 is 5.04. The van der Waals surface area contributed by atoms with Gasteiger partial charge in [-0.2, -0.15) is 0 Å². The maximum atomic E-state index is 10.4. The SMILES string of the molecule is CC(=O)COC1CC(=O)C1. The Morgan fingerprint density at radius 3 is 2.70 bits per heavy atom. The first-order valence-corrected chi connectivity index (χ1v) is 3.31. The topological polar surface area (TPSA) is 43.4 Å². The second kappa shape index (κ2) is 2.92. The molecule has 0 atom stereocenters. The van der Waals surface area contributed by atoms with Crippen molar-refractivity contribution in [2.45, 2.75) is 25.9 Å². The molecule has 1 aliphatic carbocycles. The van der Waals surface area contributed by atoms with Gasteiger partial charge in [0.1, 0.15) is 12.4 Å². The molecule has 0 aromatic carbocycles. The molecule has 0 heterocycles. The van der Waals surface area contributed by atoms with Crippen LogP contribution in [0.5, 0.6) is 0 Å². The van der Waals surface area contributed by atoms with Crippen LogP contribution in [0.3, 0.4) is 0 Å². The molecular weight excluding hydrogens is 132 g/mol. The van der Waals surface area contributed by atoms with Gasteiger partial charge in [0, 0.05) is 12.8 Å². The van der Waals surface area contributed by atoms with E-state index in [1.807, 2.05) is 0 Å². The van der Waals surface area contributed by atoms with Crippen LogP contribution in [-0.2, 0) is 14.3 Å². The third-order valence-electron chi connectivity index (χ3n) is 1.43. The Morgan fingerprint density at radius 2 is 2.30 bits per heavy atom. The predicted octanol–water partition coefficient (Wildman–Crippen LogP) is 0.324. The number of rotatable bonds is 3. The maximum Gasteiger partial charge on any atom is 0.155 e. The van der Waals surface area contributed by atoms with Crippen LogP contribution in [-0.4, -0.2) is 24.3 Å². The van der Waals surface area contributed by atoms with Crippen molar-refractivity contribution in [3.05, 3.63) is 0 Å². The van der Waals surface area contributed by atoms with Crippen molar-refractivity contribution in [3.8, 4) is 0 Å². The Hall–Kier alpha value is -0.700. The Labute approximate surface area is 59.4 Å². The molecule has 0 unspecified atom stereocenters. The lowest BCUT2D eigenvalue weighted by molar-refractivity contribution is -0.139. The zero-order valence-corrected chi connectivity index (χ0v) is 5.92. The minimum Gasteiger partial charge on any atom is -0.370 e. The van der Waals surface area contributed by atoms with Gasteiger partial charge >= 0.3 is 0 Å². The van der Waals surface area contributed by atoms with E-state index in [1.165, 1.54) is 6.92 Å². The summed E-state index contributed by atoms with van der Waals surface area (Å²) in [6.07, 6.45) is 1.01. The molecular formula is C7H10O3. The average molecular weight is 142 g/mol. The minimum absolute atomic E-state index is 0.0133. The van der Waals surface area contributed by atoms with E-state index in [9.17, 15) is 9.59 Å². The molecule has 56 valence electrons. The number of carbonyl (C=O) groups excluding carboxylic acids is 2. The van der Waals surface area contributed by atoms with E-state index in [0.717, 1.165) is 0 Å². The average Bonchev–Trinajstić information content (AvgIpc) is 1.77. The van der Waals surface area contributed by atoms with Gasteiger partial charge in [-0.25, -0.2) is 0 Å². The molecule has 0 bridgehead atoms. The van der Waals surface area contributed by atoms with Crippen LogP contribution in [0.25, 0.3) is 0 Å². The molecule has 3 nitrogen and oxygen atoms in total. The van der Waals surface area contributed by atoms with Crippen LogP contribution in [0.1, 0.15) is 19.8 Å². The lowest BCUT2D eigenvalue weighted by Gasteiger charge is -2.23. The molecule has 0 saturated heterocycles. The van der Waals surface area contributed by atoms with Gasteiger partial charge in [-0.3, -0.25) is 9.59 Å². The van der Waals surface area contributed by atoms with Crippen LogP contribution in [0.4, 0.5) is 0 Å². The molecule has 0 spiro atoms. The van der Waals surface area contributed by atoms with Gasteiger partial charge in [-0.15, -0.1) is 0 Å². The fraction of sp³-hybridized carbons (Fsp3) is 0.714. The van der Waals surface area contributed by atoms with E-state index in [-0.39, 0.29) is 24.3 Å². The third kappa shape index (κ3) is 1.92. The van der Waals surface area contributed by atoms with Crippen molar-refractivity contribution in [2.24, 2.45) is 0 Å². The summed E-state index contributed by atoms with van der Waals surface area (Å²) in [6.45, 7) is 1.62. The van der Waals surface area contributed by atoms with Crippen molar-refractivity contribution in [1.82, 2.24) is 0 Å². The highest BCUT2D eigenvalue weighted by atomic mass is 16.5.